The Morgan fingerprint density at radius 1 is 1.85 bits per heavy atom. The Balaban J connectivity index is 2.30. The maximum absolute atomic E-state index is 11.1. The van der Waals surface area contributed by atoms with Gasteiger partial charge >= 0.3 is 5.97 Å². The second-order valence-corrected chi connectivity index (χ2v) is 3.08. The van der Waals surface area contributed by atoms with Gasteiger partial charge in [-0.15, -0.1) is 0 Å². The molecule has 0 spiro atoms. The summed E-state index contributed by atoms with van der Waals surface area (Å²) in [5.74, 6) is -0.476. The molecule has 74 valence electrons. The maximum atomic E-state index is 11.1. The van der Waals surface area contributed by atoms with Gasteiger partial charge in [-0.2, -0.15) is 0 Å². The first-order valence-electron chi connectivity index (χ1n) is 4.27. The molecule has 1 fully saturated rings. The molecule has 0 aliphatic carbocycles. The molecule has 0 amide bonds. The SMILES string of the molecule is C/C(=C\CC1CO1)C(=O)OC(C)O. The van der Waals surface area contributed by atoms with E-state index in [9.17, 15) is 4.79 Å². The summed E-state index contributed by atoms with van der Waals surface area (Å²) in [5.41, 5.74) is 0.511. The molecule has 1 rings (SSSR count). The maximum Gasteiger partial charge on any atom is 0.335 e. The standard InChI is InChI=1S/C9H14O4/c1-6(3-4-8-5-12-8)9(11)13-7(2)10/h3,7-8,10H,4-5H2,1-2H3/b6-3+. The van der Waals surface area contributed by atoms with E-state index >= 15 is 0 Å². The molecule has 0 aromatic carbocycles. The van der Waals surface area contributed by atoms with Crippen molar-refractivity contribution in [2.24, 2.45) is 0 Å². The summed E-state index contributed by atoms with van der Waals surface area (Å²) < 4.78 is 9.55. The first-order valence-corrected chi connectivity index (χ1v) is 4.27. The number of ether oxygens (including phenoxy) is 2. The van der Waals surface area contributed by atoms with Crippen molar-refractivity contribution in [3.05, 3.63) is 11.6 Å². The van der Waals surface area contributed by atoms with E-state index in [4.69, 9.17) is 9.84 Å². The van der Waals surface area contributed by atoms with Gasteiger partial charge in [-0.25, -0.2) is 4.79 Å². The van der Waals surface area contributed by atoms with Gasteiger partial charge < -0.3 is 14.6 Å². The highest BCUT2D eigenvalue weighted by atomic mass is 16.6. The smallest absolute Gasteiger partial charge is 0.335 e. The van der Waals surface area contributed by atoms with Crippen LogP contribution in [0.5, 0.6) is 0 Å². The third-order valence-corrected chi connectivity index (χ3v) is 1.69. The lowest BCUT2D eigenvalue weighted by molar-refractivity contribution is -0.159. The number of carbonyl (C=O) groups is 1. The quantitative estimate of drug-likeness (QED) is 0.302. The fourth-order valence-corrected chi connectivity index (χ4v) is 0.844. The monoisotopic (exact) mass is 186 g/mol. The van der Waals surface area contributed by atoms with Crippen molar-refractivity contribution in [3.63, 3.8) is 0 Å². The molecule has 1 saturated heterocycles. The topological polar surface area (TPSA) is 59.1 Å². The number of aliphatic hydroxyl groups excluding tert-OH is 1. The Bertz CT molecular complexity index is 216. The van der Waals surface area contributed by atoms with Gasteiger partial charge in [0.05, 0.1) is 12.7 Å². The van der Waals surface area contributed by atoms with Crippen LogP contribution in [0.4, 0.5) is 0 Å². The van der Waals surface area contributed by atoms with Crippen molar-refractivity contribution < 1.29 is 19.4 Å². The molecule has 0 aromatic heterocycles. The van der Waals surface area contributed by atoms with E-state index in [0.717, 1.165) is 13.0 Å². The largest absolute Gasteiger partial charge is 0.433 e. The normalized spacial score (nSPS) is 23.9. The van der Waals surface area contributed by atoms with Crippen molar-refractivity contribution in [1.82, 2.24) is 0 Å². The van der Waals surface area contributed by atoms with E-state index < -0.39 is 12.3 Å². The zero-order chi connectivity index (χ0) is 9.84. The molecule has 0 radical (unpaired) electrons. The second-order valence-electron chi connectivity index (χ2n) is 3.08. The highest BCUT2D eigenvalue weighted by molar-refractivity contribution is 5.87. The number of esters is 1. The number of hydrogen-bond acceptors (Lipinski definition) is 4. The predicted molar refractivity (Wildman–Crippen MR) is 45.9 cm³/mol. The minimum Gasteiger partial charge on any atom is -0.433 e. The van der Waals surface area contributed by atoms with Gasteiger partial charge in [0, 0.05) is 5.57 Å². The minimum atomic E-state index is -1.05. The minimum absolute atomic E-state index is 0.272. The van der Waals surface area contributed by atoms with Gasteiger partial charge in [0.2, 0.25) is 0 Å². The van der Waals surface area contributed by atoms with Crippen molar-refractivity contribution in [1.29, 1.82) is 0 Å². The van der Waals surface area contributed by atoms with Gasteiger partial charge in [-0.05, 0) is 20.3 Å². The van der Waals surface area contributed by atoms with Crippen LogP contribution in [0.3, 0.4) is 0 Å². The molecule has 1 N–H and O–H groups in total. The first-order chi connectivity index (χ1) is 6.09. The van der Waals surface area contributed by atoms with Crippen LogP contribution in [-0.4, -0.2) is 30.1 Å². The summed E-state index contributed by atoms with van der Waals surface area (Å²) >= 11 is 0. The van der Waals surface area contributed by atoms with E-state index in [-0.39, 0.29) is 6.10 Å². The Morgan fingerprint density at radius 3 is 2.92 bits per heavy atom. The van der Waals surface area contributed by atoms with Crippen molar-refractivity contribution in [2.45, 2.75) is 32.7 Å². The highest BCUT2D eigenvalue weighted by Crippen LogP contribution is 2.15. The summed E-state index contributed by atoms with van der Waals surface area (Å²) in [7, 11) is 0. The molecule has 2 unspecified atom stereocenters. The number of hydrogen-bond donors (Lipinski definition) is 1. The number of carbonyl (C=O) groups excluding carboxylic acids is 1. The summed E-state index contributed by atoms with van der Waals surface area (Å²) in [5, 5.41) is 8.77. The zero-order valence-corrected chi connectivity index (χ0v) is 7.82. The third kappa shape index (κ3) is 4.05. The summed E-state index contributed by atoms with van der Waals surface area (Å²) in [6.07, 6.45) is 1.73. The van der Waals surface area contributed by atoms with Gasteiger partial charge in [-0.1, -0.05) is 6.08 Å². The summed E-state index contributed by atoms with van der Waals surface area (Å²) in [6.45, 7) is 3.83. The van der Waals surface area contributed by atoms with Crippen molar-refractivity contribution >= 4 is 5.97 Å². The van der Waals surface area contributed by atoms with Crippen LogP contribution >= 0.6 is 0 Å². The molecular formula is C9H14O4. The van der Waals surface area contributed by atoms with Crippen molar-refractivity contribution in [3.8, 4) is 0 Å². The molecule has 0 bridgehead atoms. The number of epoxide rings is 1. The third-order valence-electron chi connectivity index (χ3n) is 1.69. The number of aliphatic hydroxyl groups is 1. The summed E-state index contributed by atoms with van der Waals surface area (Å²) in [6, 6.07) is 0. The van der Waals surface area contributed by atoms with Crippen molar-refractivity contribution in [2.75, 3.05) is 6.61 Å². The number of rotatable bonds is 4. The van der Waals surface area contributed by atoms with Gasteiger partial charge in [0.25, 0.3) is 0 Å². The van der Waals surface area contributed by atoms with E-state index in [1.165, 1.54) is 6.92 Å². The van der Waals surface area contributed by atoms with Crippen LogP contribution in [0.25, 0.3) is 0 Å². The molecule has 1 aliphatic rings. The molecule has 0 saturated carbocycles. The Labute approximate surface area is 77.1 Å². The van der Waals surface area contributed by atoms with Gasteiger partial charge in [0.1, 0.15) is 0 Å². The van der Waals surface area contributed by atoms with Crippen LogP contribution in [-0.2, 0) is 14.3 Å². The Hall–Kier alpha value is -0.870. The average molecular weight is 186 g/mol. The van der Waals surface area contributed by atoms with Crippen LogP contribution in [0, 0.1) is 0 Å². The van der Waals surface area contributed by atoms with Crippen LogP contribution < -0.4 is 0 Å². The fourth-order valence-electron chi connectivity index (χ4n) is 0.844. The lowest BCUT2D eigenvalue weighted by Gasteiger charge is -2.06. The van der Waals surface area contributed by atoms with Gasteiger partial charge in [-0.3, -0.25) is 0 Å². The lowest BCUT2D eigenvalue weighted by atomic mass is 10.2. The zero-order valence-electron chi connectivity index (χ0n) is 7.82. The highest BCUT2D eigenvalue weighted by Gasteiger charge is 2.21. The van der Waals surface area contributed by atoms with Crippen LogP contribution in [0.1, 0.15) is 20.3 Å². The van der Waals surface area contributed by atoms with E-state index in [1.54, 1.807) is 13.0 Å². The summed E-state index contributed by atoms with van der Waals surface area (Å²) in [4.78, 5) is 11.1. The second kappa shape index (κ2) is 4.39. The molecule has 1 aliphatic heterocycles. The Kier molecular flexibility index (Phi) is 3.45. The van der Waals surface area contributed by atoms with Crippen LogP contribution in [0.15, 0.2) is 11.6 Å². The van der Waals surface area contributed by atoms with E-state index in [1.807, 2.05) is 0 Å². The molecule has 13 heavy (non-hydrogen) atoms. The molecule has 2 atom stereocenters. The molecular weight excluding hydrogens is 172 g/mol. The van der Waals surface area contributed by atoms with Crippen LogP contribution in [0.2, 0.25) is 0 Å². The molecule has 1 heterocycles. The van der Waals surface area contributed by atoms with Gasteiger partial charge in [0.15, 0.2) is 6.29 Å². The Morgan fingerprint density at radius 2 is 2.46 bits per heavy atom. The average Bonchev–Trinajstić information content (AvgIpc) is 2.81. The first kappa shape index (κ1) is 10.2. The van der Waals surface area contributed by atoms with E-state index in [2.05, 4.69) is 4.74 Å². The molecule has 4 heteroatoms. The lowest BCUT2D eigenvalue weighted by Crippen LogP contribution is -2.14. The predicted octanol–water partition coefficient (Wildman–Crippen LogP) is 0.603. The molecule has 4 nitrogen and oxygen atoms in total. The van der Waals surface area contributed by atoms with E-state index in [0.29, 0.717) is 5.57 Å². The fraction of sp³-hybridized carbons (Fsp3) is 0.667. The molecule has 0 aromatic rings.